The molecule has 0 aromatic heterocycles. The topological polar surface area (TPSA) is 33.6 Å². The molecule has 0 atom stereocenters. The van der Waals surface area contributed by atoms with E-state index in [0.717, 1.165) is 40.6 Å². The van der Waals surface area contributed by atoms with Crippen LogP contribution in [0.5, 0.6) is 5.75 Å². The summed E-state index contributed by atoms with van der Waals surface area (Å²) in [4.78, 5) is 0. The third-order valence-electron chi connectivity index (χ3n) is 4.23. The molecule has 0 unspecified atom stereocenters. The molecule has 2 aromatic rings. The molecule has 4 heteroatoms. The summed E-state index contributed by atoms with van der Waals surface area (Å²) in [6.07, 6.45) is 9.44. The lowest BCUT2D eigenvalue weighted by molar-refractivity contribution is 0.304. The van der Waals surface area contributed by atoms with E-state index in [-0.39, 0.29) is 0 Å². The first-order valence-electron chi connectivity index (χ1n) is 9.47. The number of ether oxygens (including phenoxy) is 1. The second kappa shape index (κ2) is 11.6. The Balaban J connectivity index is 1.70. The average molecular weight is 373 g/mol. The number of unbranched alkanes of at least 4 members (excludes halogenated alkanes) is 5. The Morgan fingerprint density at radius 3 is 2.46 bits per heavy atom. The monoisotopic (exact) mass is 372 g/mol. The largest absolute Gasteiger partial charge is 0.494 e. The summed E-state index contributed by atoms with van der Waals surface area (Å²) in [6, 6.07) is 13.8. The Labute approximate surface area is 162 Å². The number of aryl methyl sites for hydroxylation is 1. The van der Waals surface area contributed by atoms with E-state index in [0.29, 0.717) is 0 Å². The van der Waals surface area contributed by atoms with Crippen LogP contribution in [0.3, 0.4) is 0 Å². The highest BCUT2D eigenvalue weighted by Gasteiger charge is 1.97. The molecule has 0 fully saturated rings. The zero-order valence-electron chi connectivity index (χ0n) is 15.8. The molecule has 0 bridgehead atoms. The van der Waals surface area contributed by atoms with Gasteiger partial charge in [0, 0.05) is 5.02 Å². The number of anilines is 1. The normalized spacial score (nSPS) is 11.0. The number of nitrogens with zero attached hydrogens (tertiary/aromatic N) is 1. The summed E-state index contributed by atoms with van der Waals surface area (Å²) in [5, 5.41) is 4.98. The minimum absolute atomic E-state index is 0.733. The number of hydrogen-bond donors (Lipinski definition) is 1. The van der Waals surface area contributed by atoms with Gasteiger partial charge in [0.2, 0.25) is 0 Å². The van der Waals surface area contributed by atoms with Gasteiger partial charge >= 0.3 is 0 Å². The molecule has 0 radical (unpaired) electrons. The summed E-state index contributed by atoms with van der Waals surface area (Å²) in [5.74, 6) is 0.911. The SMILES string of the molecule is CCCCCCCCOc1ccc(C=NNc2ccc(C)c(Cl)c2)cc1. The van der Waals surface area contributed by atoms with Crippen LogP contribution in [0, 0.1) is 6.92 Å². The summed E-state index contributed by atoms with van der Waals surface area (Å²) < 4.78 is 5.79. The molecule has 0 amide bonds. The number of rotatable bonds is 11. The highest BCUT2D eigenvalue weighted by Crippen LogP contribution is 2.20. The third-order valence-corrected chi connectivity index (χ3v) is 4.63. The quantitative estimate of drug-likeness (QED) is 0.266. The van der Waals surface area contributed by atoms with Crippen molar-refractivity contribution in [2.24, 2.45) is 5.10 Å². The molecule has 0 saturated carbocycles. The van der Waals surface area contributed by atoms with Crippen LogP contribution in [0.25, 0.3) is 0 Å². The minimum atomic E-state index is 0.733. The molecule has 0 aliphatic carbocycles. The van der Waals surface area contributed by atoms with Gasteiger partial charge in [-0.1, -0.05) is 56.7 Å². The number of nitrogens with one attached hydrogen (secondary N) is 1. The van der Waals surface area contributed by atoms with Crippen LogP contribution in [0.4, 0.5) is 5.69 Å². The van der Waals surface area contributed by atoms with Crippen molar-refractivity contribution >= 4 is 23.5 Å². The molecule has 0 saturated heterocycles. The van der Waals surface area contributed by atoms with Crippen molar-refractivity contribution in [3.8, 4) is 5.75 Å². The van der Waals surface area contributed by atoms with Gasteiger partial charge in [-0.3, -0.25) is 5.43 Å². The van der Waals surface area contributed by atoms with Gasteiger partial charge in [-0.2, -0.15) is 5.10 Å². The van der Waals surface area contributed by atoms with E-state index in [4.69, 9.17) is 16.3 Å². The summed E-state index contributed by atoms with van der Waals surface area (Å²) in [7, 11) is 0. The first kappa shape index (κ1) is 20.3. The van der Waals surface area contributed by atoms with Crippen LogP contribution in [-0.4, -0.2) is 12.8 Å². The Morgan fingerprint density at radius 1 is 1.00 bits per heavy atom. The smallest absolute Gasteiger partial charge is 0.119 e. The molecule has 2 rings (SSSR count). The second-order valence-corrected chi connectivity index (χ2v) is 6.93. The van der Waals surface area contributed by atoms with Crippen molar-refractivity contribution in [2.75, 3.05) is 12.0 Å². The predicted octanol–water partition coefficient (Wildman–Crippen LogP) is 6.83. The van der Waals surface area contributed by atoms with Gasteiger partial charge in [-0.25, -0.2) is 0 Å². The summed E-state index contributed by atoms with van der Waals surface area (Å²) >= 11 is 6.11. The van der Waals surface area contributed by atoms with Gasteiger partial charge in [0.05, 0.1) is 18.5 Å². The average Bonchev–Trinajstić information content (AvgIpc) is 2.65. The maximum Gasteiger partial charge on any atom is 0.119 e. The molecular weight excluding hydrogens is 344 g/mol. The van der Waals surface area contributed by atoms with Gasteiger partial charge in [-0.05, 0) is 60.9 Å². The lowest BCUT2D eigenvalue weighted by Crippen LogP contribution is -1.97. The van der Waals surface area contributed by atoms with Crippen molar-refractivity contribution in [3.05, 3.63) is 58.6 Å². The van der Waals surface area contributed by atoms with Crippen LogP contribution in [0.2, 0.25) is 5.02 Å². The van der Waals surface area contributed by atoms with Crippen LogP contribution in [-0.2, 0) is 0 Å². The Bertz CT molecular complexity index is 683. The standard InChI is InChI=1S/C22H29ClN2O/c1-3-4-5-6-7-8-15-26-21-13-10-19(11-14-21)17-24-25-20-12-9-18(2)22(23)16-20/h9-14,16-17,25H,3-8,15H2,1-2H3. The minimum Gasteiger partial charge on any atom is -0.494 e. The fourth-order valence-electron chi connectivity index (χ4n) is 2.57. The summed E-state index contributed by atoms with van der Waals surface area (Å²) in [5.41, 5.74) is 5.93. The molecular formula is C22H29ClN2O. The fraction of sp³-hybridized carbons (Fsp3) is 0.409. The van der Waals surface area contributed by atoms with Gasteiger partial charge in [-0.15, -0.1) is 0 Å². The van der Waals surface area contributed by atoms with Crippen molar-refractivity contribution in [3.63, 3.8) is 0 Å². The van der Waals surface area contributed by atoms with Crippen LogP contribution in [0.15, 0.2) is 47.6 Å². The molecule has 0 aliphatic rings. The summed E-state index contributed by atoms with van der Waals surface area (Å²) in [6.45, 7) is 5.01. The van der Waals surface area contributed by atoms with Crippen LogP contribution in [0.1, 0.15) is 56.6 Å². The van der Waals surface area contributed by atoms with E-state index in [1.165, 1.54) is 32.1 Å². The van der Waals surface area contributed by atoms with E-state index < -0.39 is 0 Å². The highest BCUT2D eigenvalue weighted by atomic mass is 35.5. The maximum absolute atomic E-state index is 6.11. The number of hydrazone groups is 1. The molecule has 1 N–H and O–H groups in total. The van der Waals surface area contributed by atoms with Crippen LogP contribution >= 0.6 is 11.6 Å². The lowest BCUT2D eigenvalue weighted by atomic mass is 10.1. The van der Waals surface area contributed by atoms with E-state index in [2.05, 4.69) is 17.5 Å². The van der Waals surface area contributed by atoms with Gasteiger partial charge in [0.1, 0.15) is 5.75 Å². The zero-order valence-corrected chi connectivity index (χ0v) is 16.6. The van der Waals surface area contributed by atoms with Gasteiger partial charge in [0.15, 0.2) is 0 Å². The van der Waals surface area contributed by atoms with Crippen molar-refractivity contribution in [1.29, 1.82) is 0 Å². The number of benzene rings is 2. The molecule has 2 aromatic carbocycles. The molecule has 26 heavy (non-hydrogen) atoms. The molecule has 0 spiro atoms. The van der Waals surface area contributed by atoms with Gasteiger partial charge < -0.3 is 4.74 Å². The first-order chi connectivity index (χ1) is 12.7. The van der Waals surface area contributed by atoms with Crippen LogP contribution < -0.4 is 10.2 Å². The maximum atomic E-state index is 6.11. The third kappa shape index (κ3) is 7.49. The van der Waals surface area contributed by atoms with Gasteiger partial charge in [0.25, 0.3) is 0 Å². The molecule has 0 heterocycles. The predicted molar refractivity (Wildman–Crippen MR) is 113 cm³/mol. The zero-order chi connectivity index (χ0) is 18.6. The Hall–Kier alpha value is -2.00. The lowest BCUT2D eigenvalue weighted by Gasteiger charge is -2.06. The molecule has 140 valence electrons. The first-order valence-corrected chi connectivity index (χ1v) is 9.85. The van der Waals surface area contributed by atoms with E-state index in [9.17, 15) is 0 Å². The fourth-order valence-corrected chi connectivity index (χ4v) is 2.75. The van der Waals surface area contributed by atoms with E-state index in [1.807, 2.05) is 49.4 Å². The van der Waals surface area contributed by atoms with Crippen molar-refractivity contribution in [2.45, 2.75) is 52.4 Å². The van der Waals surface area contributed by atoms with Crippen molar-refractivity contribution in [1.82, 2.24) is 0 Å². The number of hydrogen-bond acceptors (Lipinski definition) is 3. The molecule has 0 aliphatic heterocycles. The molecule has 3 nitrogen and oxygen atoms in total. The second-order valence-electron chi connectivity index (χ2n) is 6.52. The van der Waals surface area contributed by atoms with E-state index in [1.54, 1.807) is 6.21 Å². The van der Waals surface area contributed by atoms with Crippen molar-refractivity contribution < 1.29 is 4.74 Å². The Kier molecular flexibility index (Phi) is 9.05. The van der Waals surface area contributed by atoms with E-state index >= 15 is 0 Å². The highest BCUT2D eigenvalue weighted by molar-refractivity contribution is 6.31. The number of halogens is 1. The Morgan fingerprint density at radius 2 is 1.73 bits per heavy atom.